The van der Waals surface area contributed by atoms with Crippen LogP contribution in [0, 0.1) is 6.92 Å². The van der Waals surface area contributed by atoms with Gasteiger partial charge >= 0.3 is 6.18 Å². The Morgan fingerprint density at radius 1 is 1.26 bits per heavy atom. The van der Waals surface area contributed by atoms with Gasteiger partial charge in [0.2, 0.25) is 0 Å². The minimum Gasteiger partial charge on any atom is -0.329 e. The molecule has 2 aromatic rings. The van der Waals surface area contributed by atoms with E-state index < -0.39 is 11.9 Å². The fraction of sp³-hybridized carbons (Fsp3) is 0.333. The van der Waals surface area contributed by atoms with E-state index in [1.165, 1.54) is 13.0 Å². The van der Waals surface area contributed by atoms with Crippen molar-refractivity contribution in [2.24, 2.45) is 0 Å². The summed E-state index contributed by atoms with van der Waals surface area (Å²) in [6.07, 6.45) is -4.54. The Bertz CT molecular complexity index is 830. The Morgan fingerprint density at radius 3 is 2.59 bits per heavy atom. The highest BCUT2D eigenvalue weighted by atomic mass is 35.5. The first-order valence-corrected chi connectivity index (χ1v) is 8.48. The van der Waals surface area contributed by atoms with Crippen LogP contribution >= 0.6 is 24.0 Å². The number of halogens is 5. The van der Waals surface area contributed by atoms with Crippen molar-refractivity contribution < 1.29 is 18.0 Å². The summed E-state index contributed by atoms with van der Waals surface area (Å²) in [5, 5.41) is 3.77. The van der Waals surface area contributed by atoms with Crippen molar-refractivity contribution >= 4 is 29.9 Å². The zero-order valence-corrected chi connectivity index (χ0v) is 16.0. The molecule has 1 atom stereocenters. The van der Waals surface area contributed by atoms with E-state index in [2.05, 4.69) is 10.3 Å². The minimum atomic E-state index is -4.54. The molecule has 4 nitrogen and oxygen atoms in total. The molecule has 146 valence electrons. The molecule has 1 fully saturated rings. The number of alkyl halides is 3. The predicted molar refractivity (Wildman–Crippen MR) is 99.3 cm³/mol. The van der Waals surface area contributed by atoms with Crippen molar-refractivity contribution in [3.8, 4) is 0 Å². The minimum absolute atomic E-state index is 0. The van der Waals surface area contributed by atoms with Gasteiger partial charge in [-0.1, -0.05) is 29.8 Å². The van der Waals surface area contributed by atoms with Gasteiger partial charge in [0.1, 0.15) is 5.69 Å². The Labute approximate surface area is 166 Å². The summed E-state index contributed by atoms with van der Waals surface area (Å²) in [5.74, 6) is -0.352. The molecule has 0 radical (unpaired) electrons. The average Bonchev–Trinajstić information content (AvgIpc) is 2.61. The molecule has 1 unspecified atom stereocenters. The van der Waals surface area contributed by atoms with Gasteiger partial charge in [0.05, 0.1) is 17.3 Å². The van der Waals surface area contributed by atoms with E-state index in [0.717, 1.165) is 11.6 Å². The van der Waals surface area contributed by atoms with E-state index in [0.29, 0.717) is 24.7 Å². The summed E-state index contributed by atoms with van der Waals surface area (Å²) >= 11 is 6.27. The first kappa shape index (κ1) is 21.5. The van der Waals surface area contributed by atoms with Crippen LogP contribution in [0.25, 0.3) is 0 Å². The zero-order chi connectivity index (χ0) is 18.9. The summed E-state index contributed by atoms with van der Waals surface area (Å²) in [6, 6.07) is 8.97. The smallest absolute Gasteiger partial charge is 0.329 e. The van der Waals surface area contributed by atoms with Crippen LogP contribution < -0.4 is 5.32 Å². The number of hydrogen-bond acceptors (Lipinski definition) is 3. The molecule has 1 amide bonds. The summed E-state index contributed by atoms with van der Waals surface area (Å²) < 4.78 is 38.4. The largest absolute Gasteiger partial charge is 0.433 e. The van der Waals surface area contributed by atoms with Crippen molar-refractivity contribution in [3.63, 3.8) is 0 Å². The highest BCUT2D eigenvalue weighted by Crippen LogP contribution is 2.31. The number of amides is 1. The van der Waals surface area contributed by atoms with E-state index in [1.54, 1.807) is 17.0 Å². The molecule has 3 rings (SSSR count). The predicted octanol–water partition coefficient (Wildman–Crippen LogP) is 4.27. The highest BCUT2D eigenvalue weighted by molar-refractivity contribution is 6.31. The highest BCUT2D eigenvalue weighted by Gasteiger charge is 2.34. The van der Waals surface area contributed by atoms with Crippen molar-refractivity contribution in [1.29, 1.82) is 0 Å². The third-order valence-corrected chi connectivity index (χ3v) is 4.72. The molecule has 0 bridgehead atoms. The molecule has 1 N–H and O–H groups in total. The summed E-state index contributed by atoms with van der Waals surface area (Å²) in [6.45, 7) is 2.95. The first-order chi connectivity index (χ1) is 12.3. The maximum atomic E-state index is 13.0. The number of hydrogen-bond donors (Lipinski definition) is 1. The number of rotatable bonds is 2. The SMILES string of the molecule is Cc1nc(C(F)(F)F)ccc1C(=O)N1CCNCC1c1ccccc1Cl.Cl. The van der Waals surface area contributed by atoms with Gasteiger partial charge in [-0.25, -0.2) is 4.98 Å². The van der Waals surface area contributed by atoms with Crippen LogP contribution in [-0.4, -0.2) is 35.4 Å². The third kappa shape index (κ3) is 4.54. The van der Waals surface area contributed by atoms with Gasteiger partial charge in [0, 0.05) is 24.7 Å². The van der Waals surface area contributed by atoms with Gasteiger partial charge in [-0.2, -0.15) is 13.2 Å². The Morgan fingerprint density at radius 2 is 1.96 bits per heavy atom. The summed E-state index contributed by atoms with van der Waals surface area (Å²) in [4.78, 5) is 18.2. The Balaban J connectivity index is 0.00000261. The molecule has 1 aliphatic rings. The lowest BCUT2D eigenvalue weighted by Gasteiger charge is -2.37. The van der Waals surface area contributed by atoms with Gasteiger partial charge in [-0.05, 0) is 30.7 Å². The second kappa shape index (κ2) is 8.46. The Kier molecular flexibility index (Phi) is 6.72. The lowest BCUT2D eigenvalue weighted by molar-refractivity contribution is -0.141. The lowest BCUT2D eigenvalue weighted by Crippen LogP contribution is -2.49. The van der Waals surface area contributed by atoms with Crippen LogP contribution in [0.1, 0.15) is 33.4 Å². The van der Waals surface area contributed by atoms with Gasteiger partial charge in [-0.15, -0.1) is 12.4 Å². The van der Waals surface area contributed by atoms with Crippen molar-refractivity contribution in [3.05, 3.63) is 63.9 Å². The molecule has 1 aromatic carbocycles. The lowest BCUT2D eigenvalue weighted by atomic mass is 10.0. The molecular formula is C18H18Cl2F3N3O. The second-order valence-electron chi connectivity index (χ2n) is 6.07. The molecule has 1 aromatic heterocycles. The summed E-state index contributed by atoms with van der Waals surface area (Å²) in [7, 11) is 0. The van der Waals surface area contributed by atoms with Crippen LogP contribution in [0.3, 0.4) is 0 Å². The standard InChI is InChI=1S/C18H17ClF3N3O.ClH/c1-11-12(6-7-16(24-11)18(20,21)22)17(26)25-9-8-23-10-15(25)13-4-2-3-5-14(13)19;/h2-7,15,23H,8-10H2,1H3;1H. The number of benzene rings is 1. The van der Waals surface area contributed by atoms with E-state index in [9.17, 15) is 18.0 Å². The quantitative estimate of drug-likeness (QED) is 0.790. The first-order valence-electron chi connectivity index (χ1n) is 8.10. The number of piperazine rings is 1. The van der Waals surface area contributed by atoms with E-state index in [1.807, 2.05) is 12.1 Å². The Hall–Kier alpha value is -1.83. The maximum absolute atomic E-state index is 13.0. The molecule has 1 aliphatic heterocycles. The topological polar surface area (TPSA) is 45.2 Å². The molecule has 9 heteroatoms. The number of pyridine rings is 1. The van der Waals surface area contributed by atoms with Crippen LogP contribution in [0.2, 0.25) is 5.02 Å². The van der Waals surface area contributed by atoms with E-state index in [4.69, 9.17) is 11.6 Å². The van der Waals surface area contributed by atoms with Crippen LogP contribution in [-0.2, 0) is 6.18 Å². The zero-order valence-electron chi connectivity index (χ0n) is 14.4. The normalized spacial score (nSPS) is 17.4. The summed E-state index contributed by atoms with van der Waals surface area (Å²) in [5.41, 5.74) is 0.0139. The van der Waals surface area contributed by atoms with Gasteiger partial charge in [0.25, 0.3) is 5.91 Å². The third-order valence-electron chi connectivity index (χ3n) is 4.38. The van der Waals surface area contributed by atoms with Crippen molar-refractivity contribution in [1.82, 2.24) is 15.2 Å². The monoisotopic (exact) mass is 419 g/mol. The molecule has 1 saturated heterocycles. The van der Waals surface area contributed by atoms with Gasteiger partial charge < -0.3 is 10.2 Å². The maximum Gasteiger partial charge on any atom is 0.433 e. The number of carbonyl (C=O) groups is 1. The van der Waals surface area contributed by atoms with Crippen molar-refractivity contribution in [2.75, 3.05) is 19.6 Å². The van der Waals surface area contributed by atoms with Crippen LogP contribution in [0.15, 0.2) is 36.4 Å². The van der Waals surface area contributed by atoms with Gasteiger partial charge in [0.15, 0.2) is 0 Å². The number of aryl methyl sites for hydroxylation is 1. The van der Waals surface area contributed by atoms with Crippen LogP contribution in [0.4, 0.5) is 13.2 Å². The second-order valence-corrected chi connectivity index (χ2v) is 6.47. The molecular weight excluding hydrogens is 402 g/mol. The number of carbonyl (C=O) groups excluding carboxylic acids is 1. The number of nitrogens with one attached hydrogen (secondary N) is 1. The number of nitrogens with zero attached hydrogens (tertiary/aromatic N) is 2. The molecule has 27 heavy (non-hydrogen) atoms. The fourth-order valence-corrected chi connectivity index (χ4v) is 3.33. The molecule has 0 aliphatic carbocycles. The van der Waals surface area contributed by atoms with Crippen molar-refractivity contribution in [2.45, 2.75) is 19.1 Å². The average molecular weight is 420 g/mol. The van der Waals surface area contributed by atoms with E-state index >= 15 is 0 Å². The van der Waals surface area contributed by atoms with Crippen LogP contribution in [0.5, 0.6) is 0 Å². The molecule has 0 saturated carbocycles. The molecule has 0 spiro atoms. The molecule has 2 heterocycles. The fourth-order valence-electron chi connectivity index (χ4n) is 3.07. The van der Waals surface area contributed by atoms with Gasteiger partial charge in [-0.3, -0.25) is 4.79 Å². The van der Waals surface area contributed by atoms with E-state index in [-0.39, 0.29) is 35.6 Å². The number of aromatic nitrogens is 1.